The summed E-state index contributed by atoms with van der Waals surface area (Å²) in [6.07, 6.45) is 1.32. The summed E-state index contributed by atoms with van der Waals surface area (Å²) in [7, 11) is 0. The third kappa shape index (κ3) is 3.77. The Morgan fingerprint density at radius 1 is 1.37 bits per heavy atom. The second-order valence-corrected chi connectivity index (χ2v) is 5.44. The molecule has 0 aliphatic rings. The Balaban J connectivity index is 3.13. The third-order valence-corrected chi connectivity index (χ3v) is 3.00. The van der Waals surface area contributed by atoms with E-state index in [9.17, 15) is 10.1 Å². The Morgan fingerprint density at radius 3 is 2.42 bits per heavy atom. The maximum atomic E-state index is 11.2. The number of nitro groups is 1. The number of nitrogens with zero attached hydrogens (tertiary/aromatic N) is 3. The van der Waals surface area contributed by atoms with E-state index in [1.807, 2.05) is 13.8 Å². The second kappa shape index (κ2) is 5.81. The van der Waals surface area contributed by atoms with Crippen molar-refractivity contribution in [1.82, 2.24) is 9.97 Å². The Bertz CT molecular complexity index is 456. The summed E-state index contributed by atoms with van der Waals surface area (Å²) >= 11 is 0. The first-order chi connectivity index (χ1) is 8.77. The first kappa shape index (κ1) is 15.1. The van der Waals surface area contributed by atoms with Gasteiger partial charge in [-0.1, -0.05) is 20.8 Å². The van der Waals surface area contributed by atoms with Crippen LogP contribution in [-0.2, 0) is 0 Å². The van der Waals surface area contributed by atoms with Gasteiger partial charge in [0, 0.05) is 12.6 Å². The minimum absolute atomic E-state index is 0.0306. The van der Waals surface area contributed by atoms with Crippen LogP contribution in [0.1, 0.15) is 34.6 Å². The fraction of sp³-hybridized carbons (Fsp3) is 0.667. The monoisotopic (exact) mass is 267 g/mol. The molecule has 0 bridgehead atoms. The molecule has 0 saturated carbocycles. The van der Waals surface area contributed by atoms with Crippen LogP contribution in [0.2, 0.25) is 0 Å². The van der Waals surface area contributed by atoms with Crippen molar-refractivity contribution in [3.05, 3.63) is 16.4 Å². The zero-order chi connectivity index (χ0) is 14.6. The molecular weight excluding hydrogens is 246 g/mol. The van der Waals surface area contributed by atoms with Crippen molar-refractivity contribution in [1.29, 1.82) is 0 Å². The van der Waals surface area contributed by atoms with E-state index in [0.717, 1.165) is 0 Å². The molecular formula is C12H21N5O2. The van der Waals surface area contributed by atoms with Crippen molar-refractivity contribution < 1.29 is 4.92 Å². The molecule has 2 N–H and O–H groups in total. The Kier molecular flexibility index (Phi) is 4.63. The summed E-state index contributed by atoms with van der Waals surface area (Å²) in [6.45, 7) is 10.6. The van der Waals surface area contributed by atoms with Gasteiger partial charge in [-0.25, -0.2) is 9.97 Å². The molecule has 7 nitrogen and oxygen atoms in total. The SMILES string of the molecule is CCNc1ncnc(NC(C)C(C)(C)C)c1[N+](=O)[O-]. The molecule has 1 atom stereocenters. The van der Waals surface area contributed by atoms with Crippen LogP contribution in [0.5, 0.6) is 0 Å². The van der Waals surface area contributed by atoms with Crippen molar-refractivity contribution in [2.75, 3.05) is 17.2 Å². The number of nitrogens with one attached hydrogen (secondary N) is 2. The lowest BCUT2D eigenvalue weighted by atomic mass is 9.88. The van der Waals surface area contributed by atoms with Gasteiger partial charge < -0.3 is 10.6 Å². The highest BCUT2D eigenvalue weighted by Gasteiger charge is 2.27. The van der Waals surface area contributed by atoms with E-state index < -0.39 is 4.92 Å². The van der Waals surface area contributed by atoms with Gasteiger partial charge in [-0.2, -0.15) is 0 Å². The highest BCUT2D eigenvalue weighted by molar-refractivity contribution is 5.69. The number of hydrogen-bond donors (Lipinski definition) is 2. The van der Waals surface area contributed by atoms with Gasteiger partial charge in [-0.3, -0.25) is 10.1 Å². The standard InChI is InChI=1S/C12H21N5O2/c1-6-13-10-9(17(18)19)11(15-7-14-10)16-8(2)12(3,4)5/h7-8H,6H2,1-5H3,(H2,13,14,15,16). The van der Waals surface area contributed by atoms with Crippen LogP contribution < -0.4 is 10.6 Å². The van der Waals surface area contributed by atoms with Crippen LogP contribution in [0.4, 0.5) is 17.3 Å². The van der Waals surface area contributed by atoms with Crippen LogP contribution >= 0.6 is 0 Å². The summed E-state index contributed by atoms with van der Waals surface area (Å²) in [5, 5.41) is 17.2. The third-order valence-electron chi connectivity index (χ3n) is 3.00. The summed E-state index contributed by atoms with van der Waals surface area (Å²) in [4.78, 5) is 18.6. The molecule has 0 spiro atoms. The topological polar surface area (TPSA) is 93.0 Å². The van der Waals surface area contributed by atoms with Crippen LogP contribution in [0.3, 0.4) is 0 Å². The van der Waals surface area contributed by atoms with Crippen LogP contribution in [-0.4, -0.2) is 27.5 Å². The number of anilines is 2. The van der Waals surface area contributed by atoms with E-state index in [2.05, 4.69) is 41.4 Å². The van der Waals surface area contributed by atoms with E-state index in [1.54, 1.807) is 0 Å². The molecule has 0 amide bonds. The Morgan fingerprint density at radius 2 is 1.95 bits per heavy atom. The average Bonchev–Trinajstić information content (AvgIpc) is 2.27. The van der Waals surface area contributed by atoms with E-state index in [1.165, 1.54) is 6.33 Å². The lowest BCUT2D eigenvalue weighted by Gasteiger charge is -2.28. The first-order valence-electron chi connectivity index (χ1n) is 6.27. The van der Waals surface area contributed by atoms with E-state index in [4.69, 9.17) is 0 Å². The lowest BCUT2D eigenvalue weighted by Crippen LogP contribution is -2.31. The molecule has 1 aromatic heterocycles. The van der Waals surface area contributed by atoms with Gasteiger partial charge in [0.2, 0.25) is 11.6 Å². The van der Waals surface area contributed by atoms with Crippen molar-refractivity contribution in [2.45, 2.75) is 40.7 Å². The zero-order valence-corrected chi connectivity index (χ0v) is 12.0. The Hall–Kier alpha value is -1.92. The molecule has 0 saturated heterocycles. The molecule has 0 radical (unpaired) electrons. The van der Waals surface area contributed by atoms with Crippen molar-refractivity contribution in [3.63, 3.8) is 0 Å². The van der Waals surface area contributed by atoms with E-state index in [0.29, 0.717) is 6.54 Å². The average molecular weight is 267 g/mol. The second-order valence-electron chi connectivity index (χ2n) is 5.44. The predicted octanol–water partition coefficient (Wildman–Crippen LogP) is 2.66. The van der Waals surface area contributed by atoms with Crippen LogP contribution in [0, 0.1) is 15.5 Å². The fourth-order valence-electron chi connectivity index (χ4n) is 1.38. The Labute approximate surface area is 113 Å². The normalized spacial score (nSPS) is 12.9. The van der Waals surface area contributed by atoms with E-state index in [-0.39, 0.29) is 28.8 Å². The maximum Gasteiger partial charge on any atom is 0.353 e. The van der Waals surface area contributed by atoms with Gasteiger partial charge in [-0.15, -0.1) is 0 Å². The van der Waals surface area contributed by atoms with Crippen molar-refractivity contribution >= 4 is 17.3 Å². The largest absolute Gasteiger partial charge is 0.364 e. The number of rotatable bonds is 5. The smallest absolute Gasteiger partial charge is 0.353 e. The van der Waals surface area contributed by atoms with Gasteiger partial charge in [0.15, 0.2) is 0 Å². The minimum Gasteiger partial charge on any atom is -0.364 e. The molecule has 7 heteroatoms. The predicted molar refractivity (Wildman–Crippen MR) is 75.4 cm³/mol. The molecule has 1 aromatic rings. The highest BCUT2D eigenvalue weighted by atomic mass is 16.6. The summed E-state index contributed by atoms with van der Waals surface area (Å²) < 4.78 is 0. The maximum absolute atomic E-state index is 11.2. The summed E-state index contributed by atoms with van der Waals surface area (Å²) in [6, 6.07) is 0.0376. The molecule has 1 heterocycles. The molecule has 0 fully saturated rings. The summed E-state index contributed by atoms with van der Waals surface area (Å²) in [5.74, 6) is 0.490. The first-order valence-corrected chi connectivity index (χ1v) is 6.27. The van der Waals surface area contributed by atoms with Gasteiger partial charge >= 0.3 is 5.69 Å². The molecule has 1 rings (SSSR count). The highest BCUT2D eigenvalue weighted by Crippen LogP contribution is 2.31. The quantitative estimate of drug-likeness (QED) is 0.629. The van der Waals surface area contributed by atoms with Crippen LogP contribution in [0.25, 0.3) is 0 Å². The molecule has 0 aromatic carbocycles. The van der Waals surface area contributed by atoms with Gasteiger partial charge in [-0.05, 0) is 19.3 Å². The van der Waals surface area contributed by atoms with Crippen molar-refractivity contribution in [3.8, 4) is 0 Å². The van der Waals surface area contributed by atoms with Crippen molar-refractivity contribution in [2.24, 2.45) is 5.41 Å². The molecule has 0 aliphatic heterocycles. The molecule has 106 valence electrons. The zero-order valence-electron chi connectivity index (χ0n) is 12.0. The van der Waals surface area contributed by atoms with Crippen LogP contribution in [0.15, 0.2) is 6.33 Å². The molecule has 0 aliphatic carbocycles. The number of aromatic nitrogens is 2. The number of hydrogen-bond acceptors (Lipinski definition) is 6. The van der Waals surface area contributed by atoms with Gasteiger partial charge in [0.1, 0.15) is 6.33 Å². The van der Waals surface area contributed by atoms with Gasteiger partial charge in [0.05, 0.1) is 4.92 Å². The lowest BCUT2D eigenvalue weighted by molar-refractivity contribution is -0.383. The summed E-state index contributed by atoms with van der Waals surface area (Å²) in [5.41, 5.74) is -0.141. The fourth-order valence-corrected chi connectivity index (χ4v) is 1.38. The minimum atomic E-state index is -0.463. The van der Waals surface area contributed by atoms with E-state index >= 15 is 0 Å². The molecule has 19 heavy (non-hydrogen) atoms. The van der Waals surface area contributed by atoms with Gasteiger partial charge in [0.25, 0.3) is 0 Å². The molecule has 1 unspecified atom stereocenters.